The van der Waals surface area contributed by atoms with E-state index in [4.69, 9.17) is 4.74 Å². The van der Waals surface area contributed by atoms with Gasteiger partial charge in [-0.1, -0.05) is 6.07 Å². The van der Waals surface area contributed by atoms with Crippen LogP contribution >= 0.6 is 0 Å². The third-order valence-electron chi connectivity index (χ3n) is 3.17. The molecule has 2 rings (SSSR count). The minimum atomic E-state index is -0.353. The highest BCUT2D eigenvalue weighted by molar-refractivity contribution is 5.30. The molecule has 0 aliphatic rings. The number of hydrogen-bond acceptors (Lipinski definition) is 3. The standard InChI is InChI=1S/C14H18FN3O/c1-10(16-2)11-4-5-13(12(15)8-11)19-9-14-17-6-7-18(14)3/h4-8,10,16H,9H2,1-3H3. The van der Waals surface area contributed by atoms with Crippen LogP contribution in [0.5, 0.6) is 5.75 Å². The smallest absolute Gasteiger partial charge is 0.165 e. The van der Waals surface area contributed by atoms with Crippen LogP contribution in [0.1, 0.15) is 24.4 Å². The second-order valence-electron chi connectivity index (χ2n) is 4.44. The summed E-state index contributed by atoms with van der Waals surface area (Å²) >= 11 is 0. The number of nitrogens with one attached hydrogen (secondary N) is 1. The van der Waals surface area contributed by atoms with Crippen LogP contribution in [-0.4, -0.2) is 16.6 Å². The summed E-state index contributed by atoms with van der Waals surface area (Å²) in [6, 6.07) is 5.12. The largest absolute Gasteiger partial charge is 0.483 e. The molecule has 1 unspecified atom stereocenters. The van der Waals surface area contributed by atoms with Crippen LogP contribution in [0, 0.1) is 5.82 Å². The maximum atomic E-state index is 13.9. The Labute approximate surface area is 112 Å². The molecular weight excluding hydrogens is 245 g/mol. The van der Waals surface area contributed by atoms with E-state index in [1.54, 1.807) is 12.3 Å². The Kier molecular flexibility index (Phi) is 4.16. The fourth-order valence-electron chi connectivity index (χ4n) is 1.75. The molecule has 0 aliphatic carbocycles. The molecule has 1 atom stereocenters. The van der Waals surface area contributed by atoms with Crippen LogP contribution in [0.25, 0.3) is 0 Å². The molecule has 1 heterocycles. The molecule has 0 saturated heterocycles. The number of aryl methyl sites for hydroxylation is 1. The van der Waals surface area contributed by atoms with Crippen molar-refractivity contribution in [2.75, 3.05) is 7.05 Å². The predicted octanol–water partition coefficient (Wildman–Crippen LogP) is 2.42. The molecular formula is C14H18FN3O. The molecule has 0 saturated carbocycles. The van der Waals surface area contributed by atoms with Gasteiger partial charge in [-0.05, 0) is 31.7 Å². The molecule has 0 aliphatic heterocycles. The second kappa shape index (κ2) is 5.84. The molecule has 0 spiro atoms. The third kappa shape index (κ3) is 3.12. The molecule has 102 valence electrons. The highest BCUT2D eigenvalue weighted by Gasteiger charge is 2.09. The molecule has 1 aromatic heterocycles. The van der Waals surface area contributed by atoms with Gasteiger partial charge in [-0.15, -0.1) is 0 Å². The van der Waals surface area contributed by atoms with E-state index in [0.717, 1.165) is 11.4 Å². The molecule has 1 aromatic carbocycles. The summed E-state index contributed by atoms with van der Waals surface area (Å²) in [5.41, 5.74) is 0.893. The number of nitrogens with zero attached hydrogens (tertiary/aromatic N) is 2. The van der Waals surface area contributed by atoms with Crippen molar-refractivity contribution in [3.05, 3.63) is 47.8 Å². The highest BCUT2D eigenvalue weighted by atomic mass is 19.1. The topological polar surface area (TPSA) is 39.1 Å². The van der Waals surface area contributed by atoms with E-state index >= 15 is 0 Å². The Hall–Kier alpha value is -1.88. The Morgan fingerprint density at radius 3 is 2.84 bits per heavy atom. The Morgan fingerprint density at radius 2 is 2.26 bits per heavy atom. The van der Waals surface area contributed by atoms with Crippen molar-refractivity contribution < 1.29 is 9.13 Å². The quantitative estimate of drug-likeness (QED) is 0.900. The van der Waals surface area contributed by atoms with Gasteiger partial charge in [0.1, 0.15) is 12.4 Å². The Balaban J connectivity index is 2.07. The van der Waals surface area contributed by atoms with Crippen LogP contribution in [0.15, 0.2) is 30.6 Å². The molecule has 0 fully saturated rings. The van der Waals surface area contributed by atoms with Crippen molar-refractivity contribution in [3.8, 4) is 5.75 Å². The van der Waals surface area contributed by atoms with Crippen molar-refractivity contribution in [1.82, 2.24) is 14.9 Å². The zero-order valence-electron chi connectivity index (χ0n) is 11.4. The van der Waals surface area contributed by atoms with Crippen molar-refractivity contribution in [2.24, 2.45) is 7.05 Å². The number of halogens is 1. The zero-order valence-corrected chi connectivity index (χ0v) is 11.4. The SMILES string of the molecule is CNC(C)c1ccc(OCc2nccn2C)c(F)c1. The van der Waals surface area contributed by atoms with E-state index in [0.29, 0.717) is 0 Å². The molecule has 5 heteroatoms. The maximum Gasteiger partial charge on any atom is 0.165 e. The van der Waals surface area contributed by atoms with Crippen molar-refractivity contribution in [3.63, 3.8) is 0 Å². The summed E-state index contributed by atoms with van der Waals surface area (Å²) < 4.78 is 21.2. The number of imidazole rings is 1. The van der Waals surface area contributed by atoms with Crippen LogP contribution in [0.2, 0.25) is 0 Å². The van der Waals surface area contributed by atoms with Crippen molar-refractivity contribution in [2.45, 2.75) is 19.6 Å². The fraction of sp³-hybridized carbons (Fsp3) is 0.357. The molecule has 0 bridgehead atoms. The van der Waals surface area contributed by atoms with Crippen LogP contribution in [-0.2, 0) is 13.7 Å². The summed E-state index contributed by atoms with van der Waals surface area (Å²) in [6.45, 7) is 2.23. The summed E-state index contributed by atoms with van der Waals surface area (Å²) in [6.07, 6.45) is 3.51. The molecule has 19 heavy (non-hydrogen) atoms. The summed E-state index contributed by atoms with van der Waals surface area (Å²) in [7, 11) is 3.72. The molecule has 1 N–H and O–H groups in total. The summed E-state index contributed by atoms with van der Waals surface area (Å²) in [5, 5.41) is 3.07. The number of ether oxygens (including phenoxy) is 1. The van der Waals surface area contributed by atoms with E-state index in [1.807, 2.05) is 37.8 Å². The Morgan fingerprint density at radius 1 is 1.47 bits per heavy atom. The van der Waals surface area contributed by atoms with Crippen LogP contribution in [0.4, 0.5) is 4.39 Å². The van der Waals surface area contributed by atoms with Crippen LogP contribution in [0.3, 0.4) is 0 Å². The molecule has 0 radical (unpaired) electrons. The van der Waals surface area contributed by atoms with Gasteiger partial charge in [-0.25, -0.2) is 9.37 Å². The van der Waals surface area contributed by atoms with Gasteiger partial charge < -0.3 is 14.6 Å². The lowest BCUT2D eigenvalue weighted by Gasteiger charge is -2.12. The average molecular weight is 263 g/mol. The van der Waals surface area contributed by atoms with Gasteiger partial charge in [-0.3, -0.25) is 0 Å². The molecule has 4 nitrogen and oxygen atoms in total. The van der Waals surface area contributed by atoms with E-state index in [2.05, 4.69) is 10.3 Å². The summed E-state index contributed by atoms with van der Waals surface area (Å²) in [4.78, 5) is 4.13. The van der Waals surface area contributed by atoms with Gasteiger partial charge >= 0.3 is 0 Å². The van der Waals surface area contributed by atoms with Gasteiger partial charge in [0.2, 0.25) is 0 Å². The van der Waals surface area contributed by atoms with Gasteiger partial charge in [0.15, 0.2) is 11.6 Å². The first kappa shape index (κ1) is 13.5. The monoisotopic (exact) mass is 263 g/mol. The average Bonchev–Trinajstić information content (AvgIpc) is 2.82. The summed E-state index contributed by atoms with van der Waals surface area (Å²) in [5.74, 6) is 0.649. The van der Waals surface area contributed by atoms with E-state index < -0.39 is 0 Å². The number of benzene rings is 1. The normalized spacial score (nSPS) is 12.4. The van der Waals surface area contributed by atoms with Gasteiger partial charge in [0.25, 0.3) is 0 Å². The Bertz CT molecular complexity index is 553. The fourth-order valence-corrected chi connectivity index (χ4v) is 1.75. The number of aromatic nitrogens is 2. The molecule has 2 aromatic rings. The predicted molar refractivity (Wildman–Crippen MR) is 71.4 cm³/mol. The minimum Gasteiger partial charge on any atom is -0.483 e. The lowest BCUT2D eigenvalue weighted by molar-refractivity contribution is 0.277. The van der Waals surface area contributed by atoms with Gasteiger partial charge in [0, 0.05) is 25.5 Å². The van der Waals surface area contributed by atoms with Crippen molar-refractivity contribution in [1.29, 1.82) is 0 Å². The van der Waals surface area contributed by atoms with Crippen LogP contribution < -0.4 is 10.1 Å². The van der Waals surface area contributed by atoms with Gasteiger partial charge in [-0.2, -0.15) is 0 Å². The van der Waals surface area contributed by atoms with E-state index in [1.165, 1.54) is 6.07 Å². The maximum absolute atomic E-state index is 13.9. The number of rotatable bonds is 5. The second-order valence-corrected chi connectivity index (χ2v) is 4.44. The first-order chi connectivity index (χ1) is 9.11. The number of hydrogen-bond donors (Lipinski definition) is 1. The first-order valence-electron chi connectivity index (χ1n) is 6.17. The van der Waals surface area contributed by atoms with E-state index in [-0.39, 0.29) is 24.2 Å². The zero-order chi connectivity index (χ0) is 13.8. The van der Waals surface area contributed by atoms with Gasteiger partial charge in [0.05, 0.1) is 0 Å². The lowest BCUT2D eigenvalue weighted by atomic mass is 10.1. The third-order valence-corrected chi connectivity index (χ3v) is 3.17. The highest BCUT2D eigenvalue weighted by Crippen LogP contribution is 2.22. The lowest BCUT2D eigenvalue weighted by Crippen LogP contribution is -2.12. The van der Waals surface area contributed by atoms with Crippen molar-refractivity contribution >= 4 is 0 Å². The molecule has 0 amide bonds. The van der Waals surface area contributed by atoms with E-state index in [9.17, 15) is 4.39 Å². The first-order valence-corrected chi connectivity index (χ1v) is 6.17. The minimum absolute atomic E-state index is 0.109.